The lowest BCUT2D eigenvalue weighted by atomic mass is 10.2. The van der Waals surface area contributed by atoms with E-state index in [-0.39, 0.29) is 12.5 Å². The molecule has 4 nitrogen and oxygen atoms in total. The van der Waals surface area contributed by atoms with E-state index in [4.69, 9.17) is 5.11 Å². The van der Waals surface area contributed by atoms with Crippen LogP contribution in [0, 0.1) is 0 Å². The number of nitrogens with zero attached hydrogens (tertiary/aromatic N) is 2. The summed E-state index contributed by atoms with van der Waals surface area (Å²) < 4.78 is 0. The standard InChI is InChI=1S/C11H16N2O2/c1-2-13(7-4-8-14)11(15)10-5-3-6-12-9-10/h3,5-6,9,14H,2,4,7-8H2,1H3. The highest BCUT2D eigenvalue weighted by Crippen LogP contribution is 2.03. The van der Waals surface area contributed by atoms with E-state index in [1.165, 1.54) is 0 Å². The molecule has 0 bridgehead atoms. The summed E-state index contributed by atoms with van der Waals surface area (Å²) in [7, 11) is 0. The van der Waals surface area contributed by atoms with Gasteiger partial charge in [-0.1, -0.05) is 0 Å². The van der Waals surface area contributed by atoms with Gasteiger partial charge in [0.25, 0.3) is 5.91 Å². The predicted octanol–water partition coefficient (Wildman–Crippen LogP) is 0.926. The minimum atomic E-state index is -0.0287. The molecule has 0 aromatic carbocycles. The fraction of sp³-hybridized carbons (Fsp3) is 0.455. The molecular weight excluding hydrogens is 192 g/mol. The minimum Gasteiger partial charge on any atom is -0.396 e. The van der Waals surface area contributed by atoms with Gasteiger partial charge in [0.1, 0.15) is 0 Å². The summed E-state index contributed by atoms with van der Waals surface area (Å²) in [6.45, 7) is 3.26. The predicted molar refractivity (Wildman–Crippen MR) is 57.5 cm³/mol. The van der Waals surface area contributed by atoms with Gasteiger partial charge in [-0.15, -0.1) is 0 Å². The summed E-state index contributed by atoms with van der Waals surface area (Å²) in [6, 6.07) is 3.49. The SMILES string of the molecule is CCN(CCCO)C(=O)c1cccnc1. The van der Waals surface area contributed by atoms with Crippen molar-refractivity contribution in [2.75, 3.05) is 19.7 Å². The van der Waals surface area contributed by atoms with Crippen LogP contribution in [0.25, 0.3) is 0 Å². The van der Waals surface area contributed by atoms with Crippen LogP contribution in [-0.2, 0) is 0 Å². The Balaban J connectivity index is 2.65. The molecule has 0 saturated carbocycles. The minimum absolute atomic E-state index is 0.0287. The van der Waals surface area contributed by atoms with Gasteiger partial charge >= 0.3 is 0 Å². The zero-order chi connectivity index (χ0) is 11.1. The van der Waals surface area contributed by atoms with Gasteiger partial charge < -0.3 is 10.0 Å². The quantitative estimate of drug-likeness (QED) is 0.783. The molecule has 15 heavy (non-hydrogen) atoms. The molecule has 0 saturated heterocycles. The van der Waals surface area contributed by atoms with E-state index in [1.807, 2.05) is 6.92 Å². The monoisotopic (exact) mass is 208 g/mol. The van der Waals surface area contributed by atoms with Gasteiger partial charge in [0.15, 0.2) is 0 Å². The van der Waals surface area contributed by atoms with E-state index in [0.717, 1.165) is 0 Å². The second-order valence-electron chi connectivity index (χ2n) is 3.20. The molecule has 82 valence electrons. The Morgan fingerprint density at radius 3 is 2.93 bits per heavy atom. The van der Waals surface area contributed by atoms with E-state index in [0.29, 0.717) is 25.1 Å². The number of amides is 1. The third-order valence-electron chi connectivity index (χ3n) is 2.16. The summed E-state index contributed by atoms with van der Waals surface area (Å²) in [5, 5.41) is 8.71. The number of hydrogen-bond donors (Lipinski definition) is 1. The number of pyridine rings is 1. The lowest BCUT2D eigenvalue weighted by Crippen LogP contribution is -2.32. The molecule has 1 amide bonds. The largest absolute Gasteiger partial charge is 0.396 e. The van der Waals surface area contributed by atoms with Gasteiger partial charge in [-0.05, 0) is 25.5 Å². The fourth-order valence-electron chi connectivity index (χ4n) is 1.34. The van der Waals surface area contributed by atoms with Gasteiger partial charge in [-0.25, -0.2) is 0 Å². The first-order valence-corrected chi connectivity index (χ1v) is 5.09. The first-order valence-electron chi connectivity index (χ1n) is 5.09. The lowest BCUT2D eigenvalue weighted by Gasteiger charge is -2.20. The van der Waals surface area contributed by atoms with E-state index in [1.54, 1.807) is 29.4 Å². The maximum atomic E-state index is 11.9. The van der Waals surface area contributed by atoms with Crippen molar-refractivity contribution in [3.63, 3.8) is 0 Å². The summed E-state index contributed by atoms with van der Waals surface area (Å²) in [6.07, 6.45) is 3.81. The zero-order valence-corrected chi connectivity index (χ0v) is 8.89. The highest BCUT2D eigenvalue weighted by molar-refractivity contribution is 5.93. The lowest BCUT2D eigenvalue weighted by molar-refractivity contribution is 0.0754. The average molecular weight is 208 g/mol. The Hall–Kier alpha value is -1.42. The van der Waals surface area contributed by atoms with Gasteiger partial charge in [-0.3, -0.25) is 9.78 Å². The molecule has 0 aliphatic rings. The van der Waals surface area contributed by atoms with Crippen LogP contribution >= 0.6 is 0 Å². The Morgan fingerprint density at radius 1 is 1.60 bits per heavy atom. The average Bonchev–Trinajstić information content (AvgIpc) is 2.31. The van der Waals surface area contributed by atoms with Crippen LogP contribution in [0.3, 0.4) is 0 Å². The second-order valence-corrected chi connectivity index (χ2v) is 3.20. The molecule has 0 spiro atoms. The first-order chi connectivity index (χ1) is 7.29. The Kier molecular flexibility index (Phi) is 4.77. The molecule has 0 atom stereocenters. The van der Waals surface area contributed by atoms with Crippen LogP contribution in [0.2, 0.25) is 0 Å². The van der Waals surface area contributed by atoms with E-state index in [9.17, 15) is 4.79 Å². The van der Waals surface area contributed by atoms with Crippen molar-refractivity contribution in [1.29, 1.82) is 0 Å². The highest BCUT2D eigenvalue weighted by Gasteiger charge is 2.12. The third-order valence-corrected chi connectivity index (χ3v) is 2.16. The topological polar surface area (TPSA) is 53.4 Å². The molecule has 0 aliphatic heterocycles. The number of aliphatic hydroxyl groups is 1. The zero-order valence-electron chi connectivity index (χ0n) is 8.89. The molecular formula is C11H16N2O2. The summed E-state index contributed by atoms with van der Waals surface area (Å²) in [5.74, 6) is -0.0287. The van der Waals surface area contributed by atoms with Crippen LogP contribution in [0.5, 0.6) is 0 Å². The van der Waals surface area contributed by atoms with Crippen LogP contribution in [-0.4, -0.2) is 40.6 Å². The number of aromatic nitrogens is 1. The molecule has 1 aromatic rings. The van der Waals surface area contributed by atoms with Crippen LogP contribution in [0.4, 0.5) is 0 Å². The van der Waals surface area contributed by atoms with Crippen molar-refractivity contribution in [3.05, 3.63) is 30.1 Å². The number of carbonyl (C=O) groups is 1. The van der Waals surface area contributed by atoms with Crippen molar-refractivity contribution < 1.29 is 9.90 Å². The normalized spacial score (nSPS) is 10.0. The van der Waals surface area contributed by atoms with Crippen molar-refractivity contribution in [2.24, 2.45) is 0 Å². The highest BCUT2D eigenvalue weighted by atomic mass is 16.3. The van der Waals surface area contributed by atoms with E-state index < -0.39 is 0 Å². The van der Waals surface area contributed by atoms with Crippen LogP contribution < -0.4 is 0 Å². The van der Waals surface area contributed by atoms with Gasteiger partial charge in [0.05, 0.1) is 5.56 Å². The van der Waals surface area contributed by atoms with Crippen molar-refractivity contribution in [1.82, 2.24) is 9.88 Å². The van der Waals surface area contributed by atoms with Crippen LogP contribution in [0.1, 0.15) is 23.7 Å². The third kappa shape index (κ3) is 3.32. The molecule has 0 radical (unpaired) electrons. The fourth-order valence-corrected chi connectivity index (χ4v) is 1.34. The summed E-state index contributed by atoms with van der Waals surface area (Å²) in [4.78, 5) is 17.5. The van der Waals surface area contributed by atoms with Crippen LogP contribution in [0.15, 0.2) is 24.5 Å². The molecule has 0 unspecified atom stereocenters. The van der Waals surface area contributed by atoms with Crippen molar-refractivity contribution >= 4 is 5.91 Å². The van der Waals surface area contributed by atoms with Crippen molar-refractivity contribution in [3.8, 4) is 0 Å². The maximum absolute atomic E-state index is 11.9. The Labute approximate surface area is 89.6 Å². The van der Waals surface area contributed by atoms with Crippen molar-refractivity contribution in [2.45, 2.75) is 13.3 Å². The first kappa shape index (κ1) is 11.7. The summed E-state index contributed by atoms with van der Waals surface area (Å²) in [5.41, 5.74) is 0.595. The van der Waals surface area contributed by atoms with E-state index in [2.05, 4.69) is 4.98 Å². The number of rotatable bonds is 5. The van der Waals surface area contributed by atoms with E-state index >= 15 is 0 Å². The van der Waals surface area contributed by atoms with Gasteiger partial charge in [0, 0.05) is 32.1 Å². The molecule has 1 heterocycles. The molecule has 4 heteroatoms. The molecule has 1 N–H and O–H groups in total. The number of aliphatic hydroxyl groups excluding tert-OH is 1. The maximum Gasteiger partial charge on any atom is 0.255 e. The van der Waals surface area contributed by atoms with Gasteiger partial charge in [-0.2, -0.15) is 0 Å². The molecule has 1 rings (SSSR count). The number of hydrogen-bond acceptors (Lipinski definition) is 3. The Morgan fingerprint density at radius 2 is 2.40 bits per heavy atom. The van der Waals surface area contributed by atoms with Gasteiger partial charge in [0.2, 0.25) is 0 Å². The molecule has 0 fully saturated rings. The smallest absolute Gasteiger partial charge is 0.255 e. The summed E-state index contributed by atoms with van der Waals surface area (Å²) >= 11 is 0. The number of carbonyl (C=O) groups excluding carboxylic acids is 1. The second kappa shape index (κ2) is 6.14. The molecule has 1 aromatic heterocycles. The molecule has 0 aliphatic carbocycles. The Bertz CT molecular complexity index is 301.